The largest absolute Gasteiger partial charge is 0.394 e. The van der Waals surface area contributed by atoms with Gasteiger partial charge < -0.3 is 15.3 Å². The molecule has 1 unspecified atom stereocenters. The van der Waals surface area contributed by atoms with E-state index >= 15 is 0 Å². The maximum Gasteiger partial charge on any atom is 0.0610 e. The maximum atomic E-state index is 9.32. The zero-order valence-electron chi connectivity index (χ0n) is 12.8. The Labute approximate surface area is 113 Å². The Bertz CT molecular complexity index is 227. The summed E-state index contributed by atoms with van der Waals surface area (Å²) in [6.07, 6.45) is 6.16. The van der Waals surface area contributed by atoms with Crippen LogP contribution in [-0.2, 0) is 0 Å². The van der Waals surface area contributed by atoms with Crippen LogP contribution >= 0.6 is 0 Å². The van der Waals surface area contributed by atoms with Crippen LogP contribution in [0.1, 0.15) is 52.9 Å². The molecule has 1 fully saturated rings. The van der Waals surface area contributed by atoms with Crippen molar-refractivity contribution >= 4 is 0 Å². The molecule has 1 aliphatic rings. The summed E-state index contributed by atoms with van der Waals surface area (Å²) in [6, 6.07) is 0. The number of hydrogen-bond acceptors (Lipinski definition) is 3. The molecule has 1 aliphatic heterocycles. The number of nitrogens with one attached hydrogen (secondary N) is 1. The van der Waals surface area contributed by atoms with Crippen LogP contribution in [0, 0.1) is 5.41 Å². The lowest BCUT2D eigenvalue weighted by Crippen LogP contribution is -2.43. The zero-order valence-corrected chi connectivity index (χ0v) is 12.8. The number of likely N-dealkylation sites (tertiary alicyclic amines) is 1. The number of likely N-dealkylation sites (N-methyl/N-ethyl adjacent to an activating group) is 1. The summed E-state index contributed by atoms with van der Waals surface area (Å²) >= 11 is 0. The molecule has 3 nitrogen and oxygen atoms in total. The van der Waals surface area contributed by atoms with Crippen LogP contribution in [0.25, 0.3) is 0 Å². The Hall–Kier alpha value is -0.120. The molecule has 0 radical (unpaired) electrons. The van der Waals surface area contributed by atoms with Crippen molar-refractivity contribution in [2.45, 2.75) is 58.4 Å². The van der Waals surface area contributed by atoms with E-state index in [1.54, 1.807) is 0 Å². The van der Waals surface area contributed by atoms with Crippen LogP contribution in [0.15, 0.2) is 0 Å². The Balaban J connectivity index is 2.12. The van der Waals surface area contributed by atoms with E-state index in [4.69, 9.17) is 0 Å². The Morgan fingerprint density at radius 1 is 1.22 bits per heavy atom. The quantitative estimate of drug-likeness (QED) is 0.686. The molecule has 1 heterocycles. The lowest BCUT2D eigenvalue weighted by atomic mass is 9.82. The summed E-state index contributed by atoms with van der Waals surface area (Å²) in [4.78, 5) is 2.60. The van der Waals surface area contributed by atoms with E-state index in [0.717, 1.165) is 6.42 Å². The highest BCUT2D eigenvalue weighted by molar-refractivity contribution is 4.81. The fraction of sp³-hybridized carbons (Fsp3) is 1.00. The lowest BCUT2D eigenvalue weighted by Gasteiger charge is -2.37. The van der Waals surface area contributed by atoms with Crippen molar-refractivity contribution in [3.05, 3.63) is 0 Å². The minimum atomic E-state index is -0.0934. The van der Waals surface area contributed by atoms with Crippen LogP contribution in [0.4, 0.5) is 0 Å². The molecule has 0 aliphatic carbocycles. The van der Waals surface area contributed by atoms with Gasteiger partial charge >= 0.3 is 0 Å². The highest BCUT2D eigenvalue weighted by atomic mass is 16.3. The maximum absolute atomic E-state index is 9.32. The average molecular weight is 256 g/mol. The summed E-state index contributed by atoms with van der Waals surface area (Å²) in [5, 5.41) is 12.5. The van der Waals surface area contributed by atoms with Crippen molar-refractivity contribution < 1.29 is 5.11 Å². The molecule has 3 heteroatoms. The first-order valence-corrected chi connectivity index (χ1v) is 7.43. The fourth-order valence-electron chi connectivity index (χ4n) is 2.52. The van der Waals surface area contributed by atoms with Gasteiger partial charge in [-0.1, -0.05) is 20.3 Å². The van der Waals surface area contributed by atoms with Gasteiger partial charge in [-0.2, -0.15) is 0 Å². The van der Waals surface area contributed by atoms with Crippen molar-refractivity contribution in [2.24, 2.45) is 5.41 Å². The number of aliphatic hydroxyl groups is 1. The Morgan fingerprint density at radius 3 is 2.33 bits per heavy atom. The second-order valence-electron chi connectivity index (χ2n) is 6.93. The molecule has 0 amide bonds. The predicted octanol–water partition coefficient (Wildman–Crippen LogP) is 2.25. The number of aliphatic hydroxyl groups excluding tert-OH is 1. The first-order chi connectivity index (χ1) is 8.41. The highest BCUT2D eigenvalue weighted by Crippen LogP contribution is 2.29. The third-order valence-corrected chi connectivity index (χ3v) is 4.62. The van der Waals surface area contributed by atoms with Gasteiger partial charge in [-0.05, 0) is 64.7 Å². The summed E-state index contributed by atoms with van der Waals surface area (Å²) in [6.45, 7) is 10.8. The second-order valence-corrected chi connectivity index (χ2v) is 6.93. The minimum absolute atomic E-state index is 0.0934. The third kappa shape index (κ3) is 5.25. The van der Waals surface area contributed by atoms with Gasteiger partial charge in [0.15, 0.2) is 0 Å². The number of rotatable bonds is 7. The molecule has 108 valence electrons. The van der Waals surface area contributed by atoms with Crippen LogP contribution in [0.3, 0.4) is 0 Å². The second kappa shape index (κ2) is 6.88. The number of hydrogen-bond donors (Lipinski definition) is 2. The standard InChI is InChI=1S/C15H32N2O/c1-14(2)8-11-17(12-9-14)10-6-5-7-15(3,13-18)16-4/h16,18H,5-13H2,1-4H3. The topological polar surface area (TPSA) is 35.5 Å². The number of unbranched alkanes of at least 4 members (excludes halogenated alkanes) is 1. The minimum Gasteiger partial charge on any atom is -0.394 e. The molecule has 1 atom stereocenters. The van der Waals surface area contributed by atoms with Gasteiger partial charge in [0.25, 0.3) is 0 Å². The molecule has 0 bridgehead atoms. The molecule has 0 aromatic heterocycles. The van der Waals surface area contributed by atoms with Gasteiger partial charge in [0.05, 0.1) is 6.61 Å². The van der Waals surface area contributed by atoms with Crippen LogP contribution in [0.2, 0.25) is 0 Å². The highest BCUT2D eigenvalue weighted by Gasteiger charge is 2.25. The first-order valence-electron chi connectivity index (χ1n) is 7.43. The molecular formula is C15H32N2O. The SMILES string of the molecule is CNC(C)(CO)CCCCN1CCC(C)(C)CC1. The Kier molecular flexibility index (Phi) is 6.09. The van der Waals surface area contributed by atoms with Crippen LogP contribution in [-0.4, -0.2) is 48.8 Å². The van der Waals surface area contributed by atoms with E-state index in [-0.39, 0.29) is 12.1 Å². The van der Waals surface area contributed by atoms with E-state index in [1.807, 2.05) is 7.05 Å². The monoisotopic (exact) mass is 256 g/mol. The molecule has 0 aromatic carbocycles. The van der Waals surface area contributed by atoms with Crippen molar-refractivity contribution in [1.82, 2.24) is 10.2 Å². The molecule has 2 N–H and O–H groups in total. The van der Waals surface area contributed by atoms with Gasteiger partial charge in [0, 0.05) is 5.54 Å². The summed E-state index contributed by atoms with van der Waals surface area (Å²) in [7, 11) is 1.93. The van der Waals surface area contributed by atoms with Crippen LogP contribution in [0.5, 0.6) is 0 Å². The normalized spacial score (nSPS) is 23.8. The van der Waals surface area contributed by atoms with Gasteiger partial charge in [0.1, 0.15) is 0 Å². The summed E-state index contributed by atoms with van der Waals surface area (Å²) < 4.78 is 0. The molecule has 0 aromatic rings. The van der Waals surface area contributed by atoms with Crippen molar-refractivity contribution in [3.63, 3.8) is 0 Å². The molecule has 1 rings (SSSR count). The van der Waals surface area contributed by atoms with Crippen molar-refractivity contribution in [1.29, 1.82) is 0 Å². The van der Waals surface area contributed by atoms with E-state index in [1.165, 1.54) is 45.3 Å². The van der Waals surface area contributed by atoms with E-state index < -0.39 is 0 Å². The van der Waals surface area contributed by atoms with Gasteiger partial charge in [-0.3, -0.25) is 0 Å². The molecular weight excluding hydrogens is 224 g/mol. The lowest BCUT2D eigenvalue weighted by molar-refractivity contribution is 0.127. The van der Waals surface area contributed by atoms with Crippen molar-refractivity contribution in [2.75, 3.05) is 33.3 Å². The average Bonchev–Trinajstić information content (AvgIpc) is 2.36. The van der Waals surface area contributed by atoms with Crippen LogP contribution < -0.4 is 5.32 Å². The third-order valence-electron chi connectivity index (χ3n) is 4.62. The molecule has 0 saturated carbocycles. The number of nitrogens with zero attached hydrogens (tertiary/aromatic N) is 1. The Morgan fingerprint density at radius 2 is 1.83 bits per heavy atom. The number of piperidine rings is 1. The summed E-state index contributed by atoms with van der Waals surface area (Å²) in [5.41, 5.74) is 0.460. The van der Waals surface area contributed by atoms with Gasteiger partial charge in [-0.25, -0.2) is 0 Å². The zero-order chi connectivity index (χ0) is 13.6. The summed E-state index contributed by atoms with van der Waals surface area (Å²) in [5.74, 6) is 0. The first kappa shape index (κ1) is 15.9. The van der Waals surface area contributed by atoms with E-state index in [2.05, 4.69) is 31.0 Å². The molecule has 1 saturated heterocycles. The van der Waals surface area contributed by atoms with E-state index in [0.29, 0.717) is 5.41 Å². The smallest absolute Gasteiger partial charge is 0.0610 e. The van der Waals surface area contributed by atoms with Crippen molar-refractivity contribution in [3.8, 4) is 0 Å². The van der Waals surface area contributed by atoms with Gasteiger partial charge in [-0.15, -0.1) is 0 Å². The van der Waals surface area contributed by atoms with E-state index in [9.17, 15) is 5.11 Å². The molecule has 18 heavy (non-hydrogen) atoms. The predicted molar refractivity (Wildman–Crippen MR) is 77.9 cm³/mol. The van der Waals surface area contributed by atoms with Gasteiger partial charge in [0.2, 0.25) is 0 Å². The molecule has 0 spiro atoms. The fourth-order valence-corrected chi connectivity index (χ4v) is 2.52.